The third-order valence-electron chi connectivity index (χ3n) is 2.44. The highest BCUT2D eigenvalue weighted by atomic mass is 35.5. The van der Waals surface area contributed by atoms with Crippen LogP contribution in [0.2, 0.25) is 5.02 Å². The first-order valence-electron chi connectivity index (χ1n) is 5.44. The fourth-order valence-corrected chi connectivity index (χ4v) is 1.63. The summed E-state index contributed by atoms with van der Waals surface area (Å²) in [6.07, 6.45) is 4.46. The van der Waals surface area contributed by atoms with Gasteiger partial charge in [0, 0.05) is 23.0 Å². The largest absolute Gasteiger partial charge is 0.461 e. The Bertz CT molecular complexity index is 573. The molecule has 0 aliphatic carbocycles. The number of benzene rings is 1. The summed E-state index contributed by atoms with van der Waals surface area (Å²) in [7, 11) is 0. The second-order valence-corrected chi connectivity index (χ2v) is 4.21. The van der Waals surface area contributed by atoms with Crippen LogP contribution in [-0.4, -0.2) is 5.78 Å². The van der Waals surface area contributed by atoms with Gasteiger partial charge in [-0.25, -0.2) is 0 Å². The van der Waals surface area contributed by atoms with Crippen LogP contribution in [0.1, 0.15) is 16.1 Å². The van der Waals surface area contributed by atoms with Gasteiger partial charge < -0.3 is 9.73 Å². The lowest BCUT2D eigenvalue weighted by Gasteiger charge is -2.05. The Morgan fingerprint density at radius 1 is 1.39 bits per heavy atom. The van der Waals surface area contributed by atoms with Gasteiger partial charge >= 0.3 is 0 Å². The van der Waals surface area contributed by atoms with E-state index in [1.54, 1.807) is 24.4 Å². The maximum Gasteiger partial charge on any atom is 0.222 e. The first-order chi connectivity index (χ1) is 8.66. The van der Waals surface area contributed by atoms with Crippen LogP contribution in [0.5, 0.6) is 0 Å². The van der Waals surface area contributed by atoms with Gasteiger partial charge in [-0.3, -0.25) is 4.79 Å². The zero-order chi connectivity index (χ0) is 13.0. The molecule has 0 saturated heterocycles. The van der Waals surface area contributed by atoms with Crippen LogP contribution >= 0.6 is 11.6 Å². The number of carbonyl (C=O) groups excluding carboxylic acids is 1. The van der Waals surface area contributed by atoms with Crippen LogP contribution in [0.15, 0.2) is 53.3 Å². The van der Waals surface area contributed by atoms with E-state index >= 15 is 0 Å². The Hall–Kier alpha value is -2.00. The average molecular weight is 262 g/mol. The van der Waals surface area contributed by atoms with Crippen molar-refractivity contribution in [3.63, 3.8) is 0 Å². The van der Waals surface area contributed by atoms with E-state index in [1.165, 1.54) is 12.3 Å². The number of allylic oxidation sites excluding steroid dienone is 1. The first-order valence-corrected chi connectivity index (χ1v) is 5.81. The second-order valence-electron chi connectivity index (χ2n) is 3.78. The minimum Gasteiger partial charge on any atom is -0.461 e. The molecule has 0 atom stereocenters. The summed E-state index contributed by atoms with van der Waals surface area (Å²) in [5, 5.41) is 3.67. The lowest BCUT2D eigenvalue weighted by Crippen LogP contribution is -1.95. The van der Waals surface area contributed by atoms with E-state index in [0.29, 0.717) is 10.8 Å². The second kappa shape index (κ2) is 5.56. The first kappa shape index (κ1) is 12.5. The number of hydrogen-bond acceptors (Lipinski definition) is 3. The molecule has 0 unspecified atom stereocenters. The van der Waals surface area contributed by atoms with E-state index in [2.05, 4.69) is 5.32 Å². The highest BCUT2D eigenvalue weighted by molar-refractivity contribution is 6.30. The van der Waals surface area contributed by atoms with Gasteiger partial charge in [-0.05, 0) is 36.8 Å². The van der Waals surface area contributed by atoms with Gasteiger partial charge in [-0.1, -0.05) is 17.7 Å². The van der Waals surface area contributed by atoms with Gasteiger partial charge in [0.25, 0.3) is 0 Å². The van der Waals surface area contributed by atoms with Crippen molar-refractivity contribution in [3.8, 4) is 0 Å². The Balaban J connectivity index is 2.03. The highest BCUT2D eigenvalue weighted by Gasteiger charge is 2.03. The summed E-state index contributed by atoms with van der Waals surface area (Å²) in [5.74, 6) is 0.128. The minimum atomic E-state index is -0.188. The van der Waals surface area contributed by atoms with Gasteiger partial charge in [-0.15, -0.1) is 0 Å². The van der Waals surface area contributed by atoms with Gasteiger partial charge in [-0.2, -0.15) is 0 Å². The molecule has 0 aliphatic rings. The monoisotopic (exact) mass is 261 g/mol. The molecule has 0 fully saturated rings. The van der Waals surface area contributed by atoms with E-state index in [9.17, 15) is 4.79 Å². The van der Waals surface area contributed by atoms with Crippen LogP contribution in [-0.2, 0) is 0 Å². The fourth-order valence-electron chi connectivity index (χ4n) is 1.46. The molecular weight excluding hydrogens is 250 g/mol. The molecule has 1 N–H and O–H groups in total. The molecule has 2 rings (SSSR count). The summed E-state index contributed by atoms with van der Waals surface area (Å²) in [6, 6.07) is 8.83. The number of anilines is 1. The summed E-state index contributed by atoms with van der Waals surface area (Å²) < 4.78 is 4.99. The van der Waals surface area contributed by atoms with Gasteiger partial charge in [0.1, 0.15) is 0 Å². The Morgan fingerprint density at radius 2 is 2.22 bits per heavy atom. The standard InChI is InChI=1S/C14H12ClNO2/c1-10-4-5-11(15)9-12(10)16-7-6-13(17)14-3-2-8-18-14/h2-9,16H,1H3. The van der Waals surface area contributed by atoms with Crippen molar-refractivity contribution >= 4 is 23.1 Å². The molecule has 2 aromatic rings. The van der Waals surface area contributed by atoms with Crippen molar-refractivity contribution in [1.82, 2.24) is 0 Å². The predicted molar refractivity (Wildman–Crippen MR) is 72.0 cm³/mol. The molecule has 4 heteroatoms. The lowest BCUT2D eigenvalue weighted by molar-refractivity contribution is 0.102. The summed E-state index contributed by atoms with van der Waals surface area (Å²) in [6.45, 7) is 1.96. The summed E-state index contributed by atoms with van der Waals surface area (Å²) >= 11 is 5.89. The quantitative estimate of drug-likeness (QED) is 0.667. The van der Waals surface area contributed by atoms with Crippen molar-refractivity contribution < 1.29 is 9.21 Å². The highest BCUT2D eigenvalue weighted by Crippen LogP contribution is 2.20. The molecule has 0 spiro atoms. The summed E-state index contributed by atoms with van der Waals surface area (Å²) in [5.41, 5.74) is 1.92. The zero-order valence-corrected chi connectivity index (χ0v) is 10.6. The van der Waals surface area contributed by atoms with Gasteiger partial charge in [0.05, 0.1) is 6.26 Å². The lowest BCUT2D eigenvalue weighted by atomic mass is 10.2. The number of nitrogens with one attached hydrogen (secondary N) is 1. The predicted octanol–water partition coefficient (Wildman–Crippen LogP) is 4.05. The minimum absolute atomic E-state index is 0.188. The number of furan rings is 1. The topological polar surface area (TPSA) is 42.2 Å². The number of carbonyl (C=O) groups is 1. The number of halogens is 1. The molecule has 1 aromatic carbocycles. The molecule has 0 bridgehead atoms. The van der Waals surface area contributed by atoms with E-state index in [4.69, 9.17) is 16.0 Å². The van der Waals surface area contributed by atoms with E-state index in [0.717, 1.165) is 11.3 Å². The molecule has 92 valence electrons. The third-order valence-corrected chi connectivity index (χ3v) is 2.67. The molecule has 1 heterocycles. The normalized spacial score (nSPS) is 10.8. The SMILES string of the molecule is Cc1ccc(Cl)cc1NC=CC(=O)c1ccco1. The van der Waals surface area contributed by atoms with Crippen LogP contribution in [0.3, 0.4) is 0 Å². The Morgan fingerprint density at radius 3 is 2.94 bits per heavy atom. The van der Waals surface area contributed by atoms with Crippen molar-refractivity contribution in [2.24, 2.45) is 0 Å². The Kier molecular flexibility index (Phi) is 3.85. The van der Waals surface area contributed by atoms with Gasteiger partial charge in [0.2, 0.25) is 5.78 Å². The maximum absolute atomic E-state index is 11.6. The molecule has 1 aromatic heterocycles. The van der Waals surface area contributed by atoms with Gasteiger partial charge in [0.15, 0.2) is 5.76 Å². The number of hydrogen-bond donors (Lipinski definition) is 1. The van der Waals surface area contributed by atoms with Crippen LogP contribution in [0, 0.1) is 6.92 Å². The molecule has 0 radical (unpaired) electrons. The zero-order valence-electron chi connectivity index (χ0n) is 9.81. The average Bonchev–Trinajstić information content (AvgIpc) is 2.87. The molecule has 18 heavy (non-hydrogen) atoms. The van der Waals surface area contributed by atoms with Crippen molar-refractivity contribution in [2.75, 3.05) is 5.32 Å². The molecule has 0 aliphatic heterocycles. The molecule has 0 amide bonds. The van der Waals surface area contributed by atoms with Crippen molar-refractivity contribution in [2.45, 2.75) is 6.92 Å². The number of aryl methyl sites for hydroxylation is 1. The third kappa shape index (κ3) is 3.02. The van der Waals surface area contributed by atoms with Crippen molar-refractivity contribution in [1.29, 1.82) is 0 Å². The smallest absolute Gasteiger partial charge is 0.222 e. The van der Waals surface area contributed by atoms with E-state index < -0.39 is 0 Å². The van der Waals surface area contributed by atoms with Crippen LogP contribution in [0.25, 0.3) is 0 Å². The van der Waals surface area contributed by atoms with Crippen molar-refractivity contribution in [3.05, 3.63) is 65.2 Å². The van der Waals surface area contributed by atoms with E-state index in [1.807, 2.05) is 19.1 Å². The molecule has 3 nitrogen and oxygen atoms in total. The Labute approximate surface area is 110 Å². The fraction of sp³-hybridized carbons (Fsp3) is 0.0714. The maximum atomic E-state index is 11.6. The molecular formula is C14H12ClNO2. The van der Waals surface area contributed by atoms with Crippen LogP contribution < -0.4 is 5.32 Å². The number of rotatable bonds is 4. The molecule has 0 saturated carbocycles. The van der Waals surface area contributed by atoms with E-state index in [-0.39, 0.29) is 5.78 Å². The van der Waals surface area contributed by atoms with Crippen LogP contribution in [0.4, 0.5) is 5.69 Å². The summed E-state index contributed by atoms with van der Waals surface area (Å²) in [4.78, 5) is 11.6. The number of ketones is 1.